The molecule has 0 saturated carbocycles. The van der Waals surface area contributed by atoms with E-state index < -0.39 is 9.84 Å². The molecule has 2 N–H and O–H groups in total. The Morgan fingerprint density at radius 2 is 1.65 bits per heavy atom. The second-order valence-corrected chi connectivity index (χ2v) is 13.7. The van der Waals surface area contributed by atoms with E-state index in [1.54, 1.807) is 18.3 Å². The number of piperazine rings is 1. The largest absolute Gasteiger partial charge is 0.369 e. The van der Waals surface area contributed by atoms with Gasteiger partial charge in [-0.25, -0.2) is 13.4 Å². The van der Waals surface area contributed by atoms with Gasteiger partial charge in [0, 0.05) is 73.3 Å². The molecule has 242 valence electrons. The Hall–Kier alpha value is -5.46. The van der Waals surface area contributed by atoms with Gasteiger partial charge in [0.25, 0.3) is 5.56 Å². The van der Waals surface area contributed by atoms with Crippen molar-refractivity contribution < 1.29 is 8.42 Å². The lowest BCUT2D eigenvalue weighted by atomic mass is 10.0. The summed E-state index contributed by atoms with van der Waals surface area (Å²) in [5.74, 6) is 0.305. The topological polar surface area (TPSA) is 135 Å². The van der Waals surface area contributed by atoms with Crippen molar-refractivity contribution in [1.82, 2.24) is 29.8 Å². The van der Waals surface area contributed by atoms with Gasteiger partial charge in [-0.3, -0.25) is 19.3 Å². The summed E-state index contributed by atoms with van der Waals surface area (Å²) in [4.78, 5) is 34.6. The van der Waals surface area contributed by atoms with Gasteiger partial charge in [-0.1, -0.05) is 24.3 Å². The first-order chi connectivity index (χ1) is 23.3. The second-order valence-electron chi connectivity index (χ2n) is 11.7. The van der Waals surface area contributed by atoms with Crippen LogP contribution >= 0.6 is 0 Å². The van der Waals surface area contributed by atoms with Crippen LogP contribution in [0.1, 0.15) is 16.8 Å². The highest BCUT2D eigenvalue weighted by Crippen LogP contribution is 2.28. The molecular weight excluding hydrogens is 625 g/mol. The van der Waals surface area contributed by atoms with Crippen molar-refractivity contribution in [3.05, 3.63) is 125 Å². The van der Waals surface area contributed by atoms with Crippen molar-refractivity contribution >= 4 is 38.2 Å². The third-order valence-corrected chi connectivity index (χ3v) is 10.4. The van der Waals surface area contributed by atoms with E-state index in [-0.39, 0.29) is 27.6 Å². The number of benzene rings is 2. The van der Waals surface area contributed by atoms with Crippen LogP contribution in [0.25, 0.3) is 22.2 Å². The summed E-state index contributed by atoms with van der Waals surface area (Å²) in [5.41, 5.74) is 5.52. The van der Waals surface area contributed by atoms with Gasteiger partial charge in [-0.15, -0.1) is 0 Å². The fourth-order valence-corrected chi connectivity index (χ4v) is 7.56. The van der Waals surface area contributed by atoms with Crippen LogP contribution in [0.5, 0.6) is 0 Å². The van der Waals surface area contributed by atoms with Crippen molar-refractivity contribution in [3.63, 3.8) is 0 Å². The lowest BCUT2D eigenvalue weighted by Gasteiger charge is -2.30. The molecule has 0 unspecified atom stereocenters. The summed E-state index contributed by atoms with van der Waals surface area (Å²) in [6.45, 7) is 7.70. The Morgan fingerprint density at radius 3 is 2.42 bits per heavy atom. The van der Waals surface area contributed by atoms with E-state index in [4.69, 9.17) is 4.98 Å². The van der Waals surface area contributed by atoms with E-state index >= 15 is 0 Å². The zero-order valence-electron chi connectivity index (χ0n) is 26.6. The van der Waals surface area contributed by atoms with E-state index in [1.165, 1.54) is 47.0 Å². The van der Waals surface area contributed by atoms with Gasteiger partial charge in [-0.05, 0) is 79.1 Å². The Bertz CT molecular complexity index is 2300. The second kappa shape index (κ2) is 13.0. The minimum atomic E-state index is -3.96. The molecule has 12 heteroatoms. The van der Waals surface area contributed by atoms with Gasteiger partial charge in [0.05, 0.1) is 22.0 Å². The molecule has 1 fully saturated rings. The zero-order chi connectivity index (χ0) is 33.3. The summed E-state index contributed by atoms with van der Waals surface area (Å²) in [5, 5.41) is 7.32. The maximum Gasteiger partial charge on any atom is 0.260 e. The van der Waals surface area contributed by atoms with Crippen molar-refractivity contribution in [2.75, 3.05) is 36.4 Å². The Labute approximate surface area is 278 Å². The standard InChI is InChI=1S/C36H34N8O3S/c1-24-6-3-4-7-29(24)30-21-26-22-40-36(41-27-9-10-32(25(2)20-27)43-18-16-38-17-19-43)42-34(26)44(35(30)45)23-31-33(8-5-13-39-31)48(46,47)28-11-14-37-15-12-28/h3-15,20-22,38H,16-19,23H2,1-2H3,(H,40,41,42). The first-order valence-corrected chi connectivity index (χ1v) is 17.2. The Kier molecular flexibility index (Phi) is 8.42. The van der Waals surface area contributed by atoms with Gasteiger partial charge in [0.15, 0.2) is 0 Å². The molecule has 0 atom stereocenters. The number of nitrogens with zero attached hydrogens (tertiary/aromatic N) is 6. The molecule has 11 nitrogen and oxygen atoms in total. The summed E-state index contributed by atoms with van der Waals surface area (Å²) < 4.78 is 29.0. The number of aromatic nitrogens is 5. The van der Waals surface area contributed by atoms with Gasteiger partial charge in [-0.2, -0.15) is 4.98 Å². The molecule has 0 aliphatic carbocycles. The number of aryl methyl sites for hydroxylation is 2. The number of fused-ring (bicyclic) bond motifs is 1. The predicted octanol–water partition coefficient (Wildman–Crippen LogP) is 4.90. The average Bonchev–Trinajstić information content (AvgIpc) is 3.11. The van der Waals surface area contributed by atoms with Crippen molar-refractivity contribution in [2.24, 2.45) is 0 Å². The molecule has 6 aromatic rings. The fraction of sp³-hybridized carbons (Fsp3) is 0.194. The smallest absolute Gasteiger partial charge is 0.260 e. The highest BCUT2D eigenvalue weighted by atomic mass is 32.2. The van der Waals surface area contributed by atoms with Gasteiger partial charge in [0.1, 0.15) is 5.65 Å². The maximum atomic E-state index is 14.4. The summed E-state index contributed by atoms with van der Waals surface area (Å²) in [6.07, 6.45) is 6.06. The third kappa shape index (κ3) is 6.03. The zero-order valence-corrected chi connectivity index (χ0v) is 27.4. The fourth-order valence-electron chi connectivity index (χ4n) is 6.14. The number of pyridine rings is 3. The van der Waals surface area contributed by atoms with Gasteiger partial charge < -0.3 is 15.5 Å². The average molecular weight is 659 g/mol. The Morgan fingerprint density at radius 1 is 0.854 bits per heavy atom. The molecule has 1 aliphatic heterocycles. The normalized spacial score (nSPS) is 13.5. The van der Waals surface area contributed by atoms with Crippen molar-refractivity contribution in [3.8, 4) is 11.1 Å². The lowest BCUT2D eigenvalue weighted by Crippen LogP contribution is -2.43. The number of rotatable bonds is 8. The predicted molar refractivity (Wildman–Crippen MR) is 187 cm³/mol. The van der Waals surface area contributed by atoms with Crippen LogP contribution in [-0.4, -0.2) is 59.1 Å². The molecule has 0 radical (unpaired) electrons. The van der Waals surface area contributed by atoms with Crippen LogP contribution in [0.3, 0.4) is 0 Å². The first kappa shape index (κ1) is 31.2. The third-order valence-electron chi connectivity index (χ3n) is 8.58. The molecule has 7 rings (SSSR count). The van der Waals surface area contributed by atoms with E-state index in [0.29, 0.717) is 22.5 Å². The molecule has 0 amide bonds. The van der Waals surface area contributed by atoms with Crippen LogP contribution in [0.4, 0.5) is 17.3 Å². The number of nitrogens with one attached hydrogen (secondary N) is 2. The minimum Gasteiger partial charge on any atom is -0.369 e. The van der Waals surface area contributed by atoms with Gasteiger partial charge >= 0.3 is 0 Å². The highest BCUT2D eigenvalue weighted by molar-refractivity contribution is 7.91. The lowest BCUT2D eigenvalue weighted by molar-refractivity contribution is 0.588. The number of hydrogen-bond donors (Lipinski definition) is 2. The molecule has 1 aliphatic rings. The van der Waals surface area contributed by atoms with Crippen LogP contribution < -0.4 is 21.1 Å². The first-order valence-electron chi connectivity index (χ1n) is 15.7. The van der Waals surface area contributed by atoms with E-state index in [9.17, 15) is 13.2 Å². The van der Waals surface area contributed by atoms with Crippen LogP contribution in [-0.2, 0) is 16.4 Å². The van der Waals surface area contributed by atoms with Crippen molar-refractivity contribution in [1.29, 1.82) is 0 Å². The monoisotopic (exact) mass is 658 g/mol. The van der Waals surface area contributed by atoms with Gasteiger partial charge in [0.2, 0.25) is 15.8 Å². The van der Waals surface area contributed by atoms with E-state index in [0.717, 1.165) is 48.6 Å². The maximum absolute atomic E-state index is 14.4. The Balaban J connectivity index is 1.33. The summed E-state index contributed by atoms with van der Waals surface area (Å²) >= 11 is 0. The van der Waals surface area contributed by atoms with Crippen LogP contribution in [0, 0.1) is 13.8 Å². The number of sulfone groups is 1. The molecule has 5 heterocycles. The van der Waals surface area contributed by atoms with E-state index in [2.05, 4.69) is 49.5 Å². The molecule has 0 spiro atoms. The molecule has 48 heavy (non-hydrogen) atoms. The SMILES string of the molecule is Cc1ccccc1-c1cc2cnc(Nc3ccc(N4CCNCC4)c(C)c3)nc2n(Cc2ncccc2S(=O)(=O)c2ccncc2)c1=O. The summed E-state index contributed by atoms with van der Waals surface area (Å²) in [7, 11) is -3.96. The molecule has 2 aromatic carbocycles. The molecule has 4 aromatic heterocycles. The number of hydrogen-bond acceptors (Lipinski definition) is 10. The summed E-state index contributed by atoms with van der Waals surface area (Å²) in [6, 6.07) is 21.5. The molecular formula is C36H34N8O3S. The minimum absolute atomic E-state index is 0.00463. The van der Waals surface area contributed by atoms with Crippen LogP contribution in [0.2, 0.25) is 0 Å². The molecule has 0 bridgehead atoms. The van der Waals surface area contributed by atoms with Crippen molar-refractivity contribution in [2.45, 2.75) is 30.2 Å². The highest BCUT2D eigenvalue weighted by Gasteiger charge is 2.24. The number of anilines is 3. The quantitative estimate of drug-likeness (QED) is 0.233. The van der Waals surface area contributed by atoms with Crippen LogP contribution in [0.15, 0.2) is 112 Å². The molecule has 1 saturated heterocycles. The van der Waals surface area contributed by atoms with E-state index in [1.807, 2.05) is 37.3 Å².